The van der Waals surface area contributed by atoms with Crippen LogP contribution in [0.4, 0.5) is 4.39 Å². The number of Topliss-reactive ketones (excluding diaryl/α,β-unsaturated/α-hetero) is 1. The molecule has 0 spiro atoms. The minimum absolute atomic E-state index is 0.0340. The smallest absolute Gasteiger partial charge is 0.173 e. The van der Waals surface area contributed by atoms with Gasteiger partial charge in [0.15, 0.2) is 10.1 Å². The Kier molecular flexibility index (Phi) is 4.43. The third-order valence-corrected chi connectivity index (χ3v) is 4.13. The predicted octanol–water partition coefficient (Wildman–Crippen LogP) is 3.21. The molecule has 0 atom stereocenters. The van der Waals surface area contributed by atoms with Gasteiger partial charge in [0.25, 0.3) is 0 Å². The Morgan fingerprint density at radius 3 is 2.72 bits per heavy atom. The average molecular weight is 282 g/mol. The Morgan fingerprint density at radius 2 is 2.11 bits per heavy atom. The Labute approximate surface area is 113 Å². The predicted molar refractivity (Wildman–Crippen MR) is 70.7 cm³/mol. The largest absolute Gasteiger partial charge is 0.293 e. The molecule has 0 fully saturated rings. The summed E-state index contributed by atoms with van der Waals surface area (Å²) in [5, 5.41) is 0. The van der Waals surface area contributed by atoms with Crippen molar-refractivity contribution >= 4 is 29.1 Å². The van der Waals surface area contributed by atoms with E-state index in [1.165, 1.54) is 47.6 Å². The highest BCUT2D eigenvalue weighted by Gasteiger charge is 2.09. The van der Waals surface area contributed by atoms with E-state index in [1.54, 1.807) is 0 Å². The van der Waals surface area contributed by atoms with Crippen LogP contribution in [0.25, 0.3) is 0 Å². The number of nitrogens with zero attached hydrogens (tertiary/aromatic N) is 2. The molecule has 1 aromatic carbocycles. The lowest BCUT2D eigenvalue weighted by Crippen LogP contribution is -2.02. The topological polar surface area (TPSA) is 42.9 Å². The zero-order chi connectivity index (χ0) is 13.0. The van der Waals surface area contributed by atoms with Crippen molar-refractivity contribution in [2.45, 2.75) is 17.7 Å². The second-order valence-electron chi connectivity index (χ2n) is 3.55. The highest BCUT2D eigenvalue weighted by molar-refractivity contribution is 8.01. The standard InChI is InChI=1S/C12H11FN2OS2/c1-2-11-14-12(18-15-11)17-7-10(16)8-3-5-9(13)6-4-8/h3-6H,2,7H2,1H3. The molecule has 1 heterocycles. The molecule has 0 aliphatic heterocycles. The molecule has 0 aliphatic carbocycles. The van der Waals surface area contributed by atoms with E-state index in [9.17, 15) is 9.18 Å². The maximum absolute atomic E-state index is 12.7. The Bertz CT molecular complexity index is 539. The highest BCUT2D eigenvalue weighted by atomic mass is 32.2. The number of carbonyl (C=O) groups excluding carboxylic acids is 1. The number of ketones is 1. The van der Waals surface area contributed by atoms with Crippen molar-refractivity contribution in [3.8, 4) is 0 Å². The normalized spacial score (nSPS) is 10.6. The maximum atomic E-state index is 12.7. The molecule has 0 saturated carbocycles. The molecule has 0 aliphatic rings. The van der Waals surface area contributed by atoms with Crippen LogP contribution < -0.4 is 0 Å². The van der Waals surface area contributed by atoms with Gasteiger partial charge in [-0.25, -0.2) is 9.37 Å². The van der Waals surface area contributed by atoms with Gasteiger partial charge < -0.3 is 0 Å². The monoisotopic (exact) mass is 282 g/mol. The molecule has 0 unspecified atom stereocenters. The van der Waals surface area contributed by atoms with Gasteiger partial charge in [-0.05, 0) is 35.8 Å². The summed E-state index contributed by atoms with van der Waals surface area (Å²) in [6.07, 6.45) is 0.795. The summed E-state index contributed by atoms with van der Waals surface area (Å²) in [5.41, 5.74) is 0.518. The average Bonchev–Trinajstić information content (AvgIpc) is 2.85. The number of aryl methyl sites for hydroxylation is 1. The minimum atomic E-state index is -0.337. The van der Waals surface area contributed by atoms with Crippen molar-refractivity contribution in [2.24, 2.45) is 0 Å². The fourth-order valence-electron chi connectivity index (χ4n) is 1.29. The van der Waals surface area contributed by atoms with Crippen LogP contribution in [-0.2, 0) is 6.42 Å². The van der Waals surface area contributed by atoms with Crippen LogP contribution >= 0.6 is 23.3 Å². The van der Waals surface area contributed by atoms with Crippen molar-refractivity contribution in [3.63, 3.8) is 0 Å². The lowest BCUT2D eigenvalue weighted by molar-refractivity contribution is 0.102. The van der Waals surface area contributed by atoms with E-state index in [1.807, 2.05) is 6.92 Å². The number of hydrogen-bond acceptors (Lipinski definition) is 5. The zero-order valence-electron chi connectivity index (χ0n) is 9.72. The first-order valence-electron chi connectivity index (χ1n) is 5.43. The van der Waals surface area contributed by atoms with Crippen molar-refractivity contribution in [1.82, 2.24) is 9.36 Å². The Balaban J connectivity index is 1.93. The van der Waals surface area contributed by atoms with Crippen molar-refractivity contribution in [3.05, 3.63) is 41.5 Å². The van der Waals surface area contributed by atoms with Crippen LogP contribution in [0.1, 0.15) is 23.1 Å². The van der Waals surface area contributed by atoms with Gasteiger partial charge in [0.2, 0.25) is 0 Å². The van der Waals surface area contributed by atoms with Crippen molar-refractivity contribution in [2.75, 3.05) is 5.75 Å². The van der Waals surface area contributed by atoms with Crippen LogP contribution in [0.3, 0.4) is 0 Å². The summed E-state index contributed by atoms with van der Waals surface area (Å²) >= 11 is 2.67. The minimum Gasteiger partial charge on any atom is -0.293 e. The molecule has 0 amide bonds. The van der Waals surface area contributed by atoms with E-state index >= 15 is 0 Å². The molecule has 0 radical (unpaired) electrons. The molecule has 3 nitrogen and oxygen atoms in total. The molecule has 2 rings (SSSR count). The molecule has 18 heavy (non-hydrogen) atoms. The van der Waals surface area contributed by atoms with E-state index in [2.05, 4.69) is 9.36 Å². The third-order valence-electron chi connectivity index (χ3n) is 2.26. The van der Waals surface area contributed by atoms with Crippen LogP contribution in [0.5, 0.6) is 0 Å². The molecular formula is C12H11FN2OS2. The number of hydrogen-bond donors (Lipinski definition) is 0. The SMILES string of the molecule is CCc1nsc(SCC(=O)c2ccc(F)cc2)n1. The number of benzene rings is 1. The summed E-state index contributed by atoms with van der Waals surface area (Å²) < 4.78 is 17.6. The molecule has 94 valence electrons. The molecule has 0 N–H and O–H groups in total. The van der Waals surface area contributed by atoms with Gasteiger partial charge in [0.1, 0.15) is 11.6 Å². The number of aromatic nitrogens is 2. The van der Waals surface area contributed by atoms with Gasteiger partial charge >= 0.3 is 0 Å². The first-order valence-corrected chi connectivity index (χ1v) is 7.19. The number of halogens is 1. The number of rotatable bonds is 5. The van der Waals surface area contributed by atoms with Crippen LogP contribution in [0, 0.1) is 5.82 Å². The van der Waals surface area contributed by atoms with Gasteiger partial charge in [0.05, 0.1) is 5.75 Å². The lowest BCUT2D eigenvalue weighted by atomic mass is 10.1. The Hall–Kier alpha value is -1.27. The van der Waals surface area contributed by atoms with Crippen molar-refractivity contribution in [1.29, 1.82) is 0 Å². The summed E-state index contributed by atoms with van der Waals surface area (Å²) in [6.45, 7) is 1.99. The van der Waals surface area contributed by atoms with E-state index in [0.717, 1.165) is 16.6 Å². The summed E-state index contributed by atoms with van der Waals surface area (Å²) in [4.78, 5) is 16.1. The van der Waals surface area contributed by atoms with Gasteiger partial charge in [-0.2, -0.15) is 4.37 Å². The van der Waals surface area contributed by atoms with Crippen LogP contribution in [-0.4, -0.2) is 20.9 Å². The van der Waals surface area contributed by atoms with E-state index in [4.69, 9.17) is 0 Å². The fourth-order valence-corrected chi connectivity index (χ4v) is 2.88. The molecular weight excluding hydrogens is 271 g/mol. The van der Waals surface area contributed by atoms with Crippen molar-refractivity contribution < 1.29 is 9.18 Å². The molecule has 2 aromatic rings. The first kappa shape index (κ1) is 13.2. The number of carbonyl (C=O) groups is 1. The molecule has 0 bridgehead atoms. The molecule has 1 aromatic heterocycles. The second-order valence-corrected chi connectivity index (χ2v) is 5.52. The maximum Gasteiger partial charge on any atom is 0.173 e. The van der Waals surface area contributed by atoms with Crippen LogP contribution in [0.15, 0.2) is 28.6 Å². The quantitative estimate of drug-likeness (QED) is 0.624. The second kappa shape index (κ2) is 6.06. The third kappa shape index (κ3) is 3.36. The van der Waals surface area contributed by atoms with E-state index < -0.39 is 0 Å². The van der Waals surface area contributed by atoms with Gasteiger partial charge in [-0.15, -0.1) is 0 Å². The fraction of sp³-hybridized carbons (Fsp3) is 0.250. The summed E-state index contributed by atoms with van der Waals surface area (Å²) in [7, 11) is 0. The Morgan fingerprint density at radius 1 is 1.39 bits per heavy atom. The summed E-state index contributed by atoms with van der Waals surface area (Å²) in [6, 6.07) is 5.57. The van der Waals surface area contributed by atoms with Gasteiger partial charge in [0, 0.05) is 12.0 Å². The van der Waals surface area contributed by atoms with E-state index in [0.29, 0.717) is 11.3 Å². The molecule has 6 heteroatoms. The lowest BCUT2D eigenvalue weighted by Gasteiger charge is -1.98. The highest BCUT2D eigenvalue weighted by Crippen LogP contribution is 2.21. The number of thioether (sulfide) groups is 1. The van der Waals surface area contributed by atoms with Crippen LogP contribution in [0.2, 0.25) is 0 Å². The van der Waals surface area contributed by atoms with Gasteiger partial charge in [-0.1, -0.05) is 18.7 Å². The zero-order valence-corrected chi connectivity index (χ0v) is 11.4. The van der Waals surface area contributed by atoms with E-state index in [-0.39, 0.29) is 11.6 Å². The summed E-state index contributed by atoms with van der Waals surface area (Å²) in [5.74, 6) is 0.727. The first-order chi connectivity index (χ1) is 8.69. The van der Waals surface area contributed by atoms with Gasteiger partial charge in [-0.3, -0.25) is 4.79 Å². The molecule has 0 saturated heterocycles.